The fraction of sp³-hybridized carbons (Fsp3) is 0.250. The van der Waals surface area contributed by atoms with Crippen LogP contribution in [0.3, 0.4) is 0 Å². The Bertz CT molecular complexity index is 699. The zero-order valence-corrected chi connectivity index (χ0v) is 12.3. The third kappa shape index (κ3) is 3.03. The summed E-state index contributed by atoms with van der Waals surface area (Å²) in [4.78, 5) is 0. The van der Waals surface area contributed by atoms with E-state index in [1.807, 2.05) is 47.1 Å². The summed E-state index contributed by atoms with van der Waals surface area (Å²) >= 11 is 0. The van der Waals surface area contributed by atoms with Crippen LogP contribution >= 0.6 is 0 Å². The Balaban J connectivity index is 1.74. The molecule has 0 saturated carbocycles. The Morgan fingerprint density at radius 2 is 2.05 bits per heavy atom. The molecule has 0 radical (unpaired) electrons. The predicted octanol–water partition coefficient (Wildman–Crippen LogP) is 2.46. The third-order valence-electron chi connectivity index (χ3n) is 3.57. The topological polar surface area (TPSA) is 47.7 Å². The number of aryl methyl sites for hydroxylation is 1. The molecule has 2 heterocycles. The van der Waals surface area contributed by atoms with Crippen molar-refractivity contribution in [1.29, 1.82) is 0 Å². The van der Waals surface area contributed by atoms with Gasteiger partial charge in [0.2, 0.25) is 0 Å². The van der Waals surface area contributed by atoms with Gasteiger partial charge in [-0.1, -0.05) is 18.2 Å². The maximum atomic E-state index is 4.31. The van der Waals surface area contributed by atoms with Gasteiger partial charge >= 0.3 is 0 Å². The normalized spacial score (nSPS) is 12.5. The van der Waals surface area contributed by atoms with Crippen LogP contribution in [0.4, 0.5) is 0 Å². The van der Waals surface area contributed by atoms with Crippen LogP contribution in [-0.2, 0) is 13.6 Å². The van der Waals surface area contributed by atoms with E-state index >= 15 is 0 Å². The first-order valence-corrected chi connectivity index (χ1v) is 7.04. The van der Waals surface area contributed by atoms with Gasteiger partial charge in [0.15, 0.2) is 0 Å². The SMILES string of the molecule is CC(NCc1ccccc1-n1cccn1)c1cnn(C)c1. The summed E-state index contributed by atoms with van der Waals surface area (Å²) in [5.41, 5.74) is 3.51. The standard InChI is InChI=1S/C16H19N5/c1-13(15-11-19-20(2)12-15)17-10-14-6-3-4-7-16(14)21-9-5-8-18-21/h3-9,11-13,17H,10H2,1-2H3. The van der Waals surface area contributed by atoms with Crippen molar-refractivity contribution in [3.63, 3.8) is 0 Å². The van der Waals surface area contributed by atoms with Crippen molar-refractivity contribution in [2.24, 2.45) is 7.05 Å². The van der Waals surface area contributed by atoms with Gasteiger partial charge in [-0.25, -0.2) is 4.68 Å². The summed E-state index contributed by atoms with van der Waals surface area (Å²) in [5.74, 6) is 0. The molecule has 5 nitrogen and oxygen atoms in total. The highest BCUT2D eigenvalue weighted by atomic mass is 15.3. The van der Waals surface area contributed by atoms with Crippen LogP contribution in [-0.4, -0.2) is 19.6 Å². The summed E-state index contributed by atoms with van der Waals surface area (Å²) in [6, 6.07) is 10.5. The van der Waals surface area contributed by atoms with Crippen molar-refractivity contribution in [1.82, 2.24) is 24.9 Å². The quantitative estimate of drug-likeness (QED) is 0.781. The Morgan fingerprint density at radius 1 is 1.19 bits per heavy atom. The van der Waals surface area contributed by atoms with Crippen LogP contribution in [0.25, 0.3) is 5.69 Å². The Morgan fingerprint density at radius 3 is 2.76 bits per heavy atom. The number of aromatic nitrogens is 4. The van der Waals surface area contributed by atoms with Gasteiger partial charge in [0.1, 0.15) is 0 Å². The lowest BCUT2D eigenvalue weighted by atomic mass is 10.1. The molecule has 0 saturated heterocycles. The average molecular weight is 281 g/mol. The van der Waals surface area contributed by atoms with Crippen LogP contribution in [0, 0.1) is 0 Å². The van der Waals surface area contributed by atoms with Crippen molar-refractivity contribution in [3.05, 3.63) is 66.2 Å². The van der Waals surface area contributed by atoms with E-state index in [2.05, 4.69) is 40.6 Å². The molecule has 3 rings (SSSR count). The number of benzene rings is 1. The second kappa shape index (κ2) is 5.93. The molecule has 2 aromatic heterocycles. The van der Waals surface area contributed by atoms with E-state index in [1.54, 1.807) is 6.20 Å². The smallest absolute Gasteiger partial charge is 0.0690 e. The molecule has 5 heteroatoms. The second-order valence-electron chi connectivity index (χ2n) is 5.13. The summed E-state index contributed by atoms with van der Waals surface area (Å²) in [7, 11) is 1.93. The van der Waals surface area contributed by atoms with E-state index < -0.39 is 0 Å². The largest absolute Gasteiger partial charge is 0.306 e. The number of rotatable bonds is 5. The molecule has 1 N–H and O–H groups in total. The van der Waals surface area contributed by atoms with E-state index in [9.17, 15) is 0 Å². The highest BCUT2D eigenvalue weighted by molar-refractivity contribution is 5.40. The molecule has 0 aliphatic heterocycles. The summed E-state index contributed by atoms with van der Waals surface area (Å²) in [5, 5.41) is 12.1. The van der Waals surface area contributed by atoms with Crippen molar-refractivity contribution in [3.8, 4) is 5.69 Å². The minimum absolute atomic E-state index is 0.254. The zero-order valence-electron chi connectivity index (χ0n) is 12.3. The number of hydrogen-bond donors (Lipinski definition) is 1. The third-order valence-corrected chi connectivity index (χ3v) is 3.57. The lowest BCUT2D eigenvalue weighted by Crippen LogP contribution is -2.19. The lowest BCUT2D eigenvalue weighted by Gasteiger charge is -2.14. The Kier molecular flexibility index (Phi) is 3.83. The number of para-hydroxylation sites is 1. The first-order chi connectivity index (χ1) is 10.2. The molecule has 0 aliphatic rings. The minimum atomic E-state index is 0.254. The lowest BCUT2D eigenvalue weighted by molar-refractivity contribution is 0.572. The van der Waals surface area contributed by atoms with E-state index in [0.29, 0.717) is 0 Å². The Labute approximate surface area is 124 Å². The molecule has 0 spiro atoms. The Hall–Kier alpha value is -2.40. The molecule has 108 valence electrons. The molecular weight excluding hydrogens is 262 g/mol. The van der Waals surface area contributed by atoms with Crippen LogP contribution in [0.2, 0.25) is 0 Å². The molecule has 0 amide bonds. The molecule has 3 aromatic rings. The first-order valence-electron chi connectivity index (χ1n) is 7.04. The summed E-state index contributed by atoms with van der Waals surface area (Å²) in [6.45, 7) is 2.93. The van der Waals surface area contributed by atoms with Crippen molar-refractivity contribution in [2.75, 3.05) is 0 Å². The van der Waals surface area contributed by atoms with Crippen LogP contribution < -0.4 is 5.32 Å². The second-order valence-corrected chi connectivity index (χ2v) is 5.13. The van der Waals surface area contributed by atoms with E-state index in [1.165, 1.54) is 11.1 Å². The van der Waals surface area contributed by atoms with E-state index in [0.717, 1.165) is 12.2 Å². The van der Waals surface area contributed by atoms with Gasteiger partial charge < -0.3 is 5.32 Å². The highest BCUT2D eigenvalue weighted by Crippen LogP contribution is 2.16. The molecular formula is C16H19N5. The van der Waals surface area contributed by atoms with Gasteiger partial charge in [0.25, 0.3) is 0 Å². The monoisotopic (exact) mass is 281 g/mol. The molecule has 0 bridgehead atoms. The van der Waals surface area contributed by atoms with Crippen LogP contribution in [0.5, 0.6) is 0 Å². The first kappa shape index (κ1) is 13.6. The number of nitrogens with zero attached hydrogens (tertiary/aromatic N) is 4. The van der Waals surface area contributed by atoms with Crippen LogP contribution in [0.15, 0.2) is 55.1 Å². The number of hydrogen-bond acceptors (Lipinski definition) is 3. The zero-order chi connectivity index (χ0) is 14.7. The summed E-state index contributed by atoms with van der Waals surface area (Å²) in [6.07, 6.45) is 7.69. The van der Waals surface area contributed by atoms with E-state index in [-0.39, 0.29) is 6.04 Å². The van der Waals surface area contributed by atoms with Gasteiger partial charge in [0, 0.05) is 43.8 Å². The fourth-order valence-corrected chi connectivity index (χ4v) is 2.34. The van der Waals surface area contributed by atoms with Crippen LogP contribution in [0.1, 0.15) is 24.1 Å². The molecule has 21 heavy (non-hydrogen) atoms. The molecule has 1 aromatic carbocycles. The maximum Gasteiger partial charge on any atom is 0.0690 e. The number of nitrogens with one attached hydrogen (secondary N) is 1. The fourth-order valence-electron chi connectivity index (χ4n) is 2.34. The molecule has 1 atom stereocenters. The van der Waals surface area contributed by atoms with Crippen molar-refractivity contribution < 1.29 is 0 Å². The minimum Gasteiger partial charge on any atom is -0.306 e. The maximum absolute atomic E-state index is 4.31. The van der Waals surface area contributed by atoms with Gasteiger partial charge in [-0.3, -0.25) is 4.68 Å². The average Bonchev–Trinajstić information content (AvgIpc) is 3.16. The molecule has 1 unspecified atom stereocenters. The van der Waals surface area contributed by atoms with Crippen molar-refractivity contribution >= 4 is 0 Å². The predicted molar refractivity (Wildman–Crippen MR) is 82.0 cm³/mol. The van der Waals surface area contributed by atoms with Gasteiger partial charge in [-0.15, -0.1) is 0 Å². The van der Waals surface area contributed by atoms with E-state index in [4.69, 9.17) is 0 Å². The van der Waals surface area contributed by atoms with Gasteiger partial charge in [0.05, 0.1) is 11.9 Å². The molecule has 0 aliphatic carbocycles. The van der Waals surface area contributed by atoms with Crippen molar-refractivity contribution in [2.45, 2.75) is 19.5 Å². The summed E-state index contributed by atoms with van der Waals surface area (Å²) < 4.78 is 3.72. The van der Waals surface area contributed by atoms with Gasteiger partial charge in [-0.05, 0) is 24.6 Å². The molecule has 0 fully saturated rings. The van der Waals surface area contributed by atoms with Gasteiger partial charge in [-0.2, -0.15) is 10.2 Å². The highest BCUT2D eigenvalue weighted by Gasteiger charge is 2.09.